The topological polar surface area (TPSA) is 74.8 Å². The summed E-state index contributed by atoms with van der Waals surface area (Å²) in [4.78, 5) is 33.7. The highest BCUT2D eigenvalue weighted by molar-refractivity contribution is 7.09. The summed E-state index contributed by atoms with van der Waals surface area (Å²) >= 11 is 1.47. The van der Waals surface area contributed by atoms with E-state index in [9.17, 15) is 14.0 Å². The molecule has 0 aliphatic carbocycles. The van der Waals surface area contributed by atoms with Gasteiger partial charge in [-0.2, -0.15) is 0 Å². The number of ether oxygens (including phenoxy) is 1. The maximum absolute atomic E-state index is 13.1. The number of benzene rings is 1. The van der Waals surface area contributed by atoms with Gasteiger partial charge in [0.15, 0.2) is 0 Å². The van der Waals surface area contributed by atoms with Crippen molar-refractivity contribution in [3.8, 4) is 0 Å². The normalized spacial score (nSPS) is 21.3. The monoisotopic (exact) mass is 446 g/mol. The van der Waals surface area contributed by atoms with E-state index in [4.69, 9.17) is 4.74 Å². The second-order valence-electron chi connectivity index (χ2n) is 8.37. The van der Waals surface area contributed by atoms with E-state index in [1.807, 2.05) is 18.9 Å². The molecule has 1 aromatic carbocycles. The van der Waals surface area contributed by atoms with Gasteiger partial charge in [-0.3, -0.25) is 9.59 Å². The molecular weight excluding hydrogens is 419 g/mol. The quantitative estimate of drug-likeness (QED) is 0.780. The first kappa shape index (κ1) is 21.9. The van der Waals surface area contributed by atoms with E-state index in [0.717, 1.165) is 17.1 Å². The number of morpholine rings is 1. The molecule has 4 rings (SSSR count). The van der Waals surface area contributed by atoms with Crippen LogP contribution in [-0.4, -0.2) is 71.5 Å². The van der Waals surface area contributed by atoms with Crippen LogP contribution < -0.4 is 5.32 Å². The van der Waals surface area contributed by atoms with E-state index >= 15 is 0 Å². The molecule has 2 saturated heterocycles. The van der Waals surface area contributed by atoms with Crippen molar-refractivity contribution in [2.24, 2.45) is 0 Å². The van der Waals surface area contributed by atoms with Crippen LogP contribution >= 0.6 is 11.3 Å². The zero-order chi connectivity index (χ0) is 22.0. The fraction of sp³-hybridized carbons (Fsp3) is 0.500. The van der Waals surface area contributed by atoms with Crippen molar-refractivity contribution < 1.29 is 18.7 Å². The summed E-state index contributed by atoms with van der Waals surface area (Å²) in [6.45, 7) is 4.61. The number of carbonyl (C=O) groups is 2. The number of thiazole rings is 1. The number of aromatic nitrogens is 1. The summed E-state index contributed by atoms with van der Waals surface area (Å²) < 4.78 is 19.4. The summed E-state index contributed by atoms with van der Waals surface area (Å²) in [6, 6.07) is 6.07. The van der Waals surface area contributed by atoms with Gasteiger partial charge in [0.1, 0.15) is 17.6 Å². The lowest BCUT2D eigenvalue weighted by Crippen LogP contribution is -2.61. The molecule has 2 aliphatic rings. The van der Waals surface area contributed by atoms with E-state index in [0.29, 0.717) is 44.7 Å². The smallest absolute Gasteiger partial charge is 0.273 e. The van der Waals surface area contributed by atoms with Crippen molar-refractivity contribution in [1.29, 1.82) is 0 Å². The zero-order valence-corrected chi connectivity index (χ0v) is 18.6. The summed E-state index contributed by atoms with van der Waals surface area (Å²) in [5.41, 5.74) is 0.885. The molecule has 0 unspecified atom stereocenters. The van der Waals surface area contributed by atoms with Crippen molar-refractivity contribution in [2.45, 2.75) is 38.0 Å². The molecule has 0 radical (unpaired) electrons. The van der Waals surface area contributed by atoms with E-state index < -0.39 is 11.7 Å². The Morgan fingerprint density at radius 2 is 2.00 bits per heavy atom. The first-order valence-electron chi connectivity index (χ1n) is 10.4. The second kappa shape index (κ2) is 9.02. The van der Waals surface area contributed by atoms with Crippen LogP contribution in [0.5, 0.6) is 0 Å². The molecule has 31 heavy (non-hydrogen) atoms. The Bertz CT molecular complexity index is 940. The van der Waals surface area contributed by atoms with E-state index in [1.165, 1.54) is 23.5 Å². The number of aryl methyl sites for hydroxylation is 1. The van der Waals surface area contributed by atoms with Crippen LogP contribution in [0.4, 0.5) is 4.39 Å². The van der Waals surface area contributed by atoms with Crippen molar-refractivity contribution in [3.05, 3.63) is 51.7 Å². The Hall–Kier alpha value is -2.36. The number of amides is 2. The lowest BCUT2D eigenvalue weighted by Gasteiger charge is -2.48. The Balaban J connectivity index is 1.34. The van der Waals surface area contributed by atoms with Crippen molar-refractivity contribution in [2.75, 3.05) is 33.2 Å². The van der Waals surface area contributed by atoms with Crippen LogP contribution in [0.25, 0.3) is 0 Å². The van der Waals surface area contributed by atoms with Gasteiger partial charge in [0.2, 0.25) is 0 Å². The minimum Gasteiger partial charge on any atom is -0.359 e. The van der Waals surface area contributed by atoms with Crippen LogP contribution in [-0.2, 0) is 16.1 Å². The molecule has 0 bridgehead atoms. The third-order valence-corrected chi connectivity index (χ3v) is 6.67. The molecule has 3 heterocycles. The highest BCUT2D eigenvalue weighted by Crippen LogP contribution is 2.32. The fourth-order valence-electron chi connectivity index (χ4n) is 4.27. The number of likely N-dealkylation sites (N-methyl/N-ethyl adjacent to an activating group) is 1. The second-order valence-corrected chi connectivity index (χ2v) is 9.44. The average molecular weight is 447 g/mol. The summed E-state index contributed by atoms with van der Waals surface area (Å²) in [5, 5.41) is 5.58. The van der Waals surface area contributed by atoms with Crippen LogP contribution in [0.3, 0.4) is 0 Å². The first-order valence-corrected chi connectivity index (χ1v) is 11.3. The van der Waals surface area contributed by atoms with Gasteiger partial charge in [0, 0.05) is 38.1 Å². The Labute approximate surface area is 185 Å². The molecule has 0 saturated carbocycles. The molecule has 1 spiro atoms. The number of hydrogen-bond acceptors (Lipinski definition) is 6. The van der Waals surface area contributed by atoms with E-state index in [-0.39, 0.29) is 17.6 Å². The largest absolute Gasteiger partial charge is 0.359 e. The number of likely N-dealkylation sites (tertiary alicyclic amines) is 1. The van der Waals surface area contributed by atoms with Crippen LogP contribution in [0.2, 0.25) is 0 Å². The molecular formula is C22H27FN4O3S. The number of halogens is 1. The Morgan fingerprint density at radius 3 is 2.65 bits per heavy atom. The molecule has 2 aromatic rings. The van der Waals surface area contributed by atoms with Crippen LogP contribution in [0.15, 0.2) is 29.6 Å². The SMILES string of the molecule is Cc1nc(C(=O)N2CCC3(CC2)CN(C)C[C@@H](C(=O)NCc2ccc(F)cc2)O3)cs1. The maximum Gasteiger partial charge on any atom is 0.273 e. The molecule has 1 N–H and O–H groups in total. The number of nitrogens with one attached hydrogen (secondary N) is 1. The van der Waals surface area contributed by atoms with Gasteiger partial charge in [-0.25, -0.2) is 9.37 Å². The Kier molecular flexibility index (Phi) is 6.36. The van der Waals surface area contributed by atoms with E-state index in [2.05, 4.69) is 15.2 Å². The standard InChI is InChI=1S/C22H27FN4O3S/c1-15-25-18(13-31-15)21(29)27-9-7-22(8-10-27)14-26(2)12-19(30-22)20(28)24-11-16-3-5-17(23)6-4-16/h3-6,13,19H,7-12,14H2,1-2H3,(H,24,28)/t19-/m0/s1. The highest BCUT2D eigenvalue weighted by atomic mass is 32.1. The molecule has 2 amide bonds. The third-order valence-electron chi connectivity index (χ3n) is 5.90. The van der Waals surface area contributed by atoms with Gasteiger partial charge in [-0.15, -0.1) is 11.3 Å². The minimum atomic E-state index is -0.581. The molecule has 9 heteroatoms. The van der Waals surface area contributed by atoms with Gasteiger partial charge in [-0.05, 0) is 44.5 Å². The molecule has 2 fully saturated rings. The van der Waals surface area contributed by atoms with Crippen molar-refractivity contribution in [3.63, 3.8) is 0 Å². The number of hydrogen-bond donors (Lipinski definition) is 1. The number of rotatable bonds is 4. The van der Waals surface area contributed by atoms with Gasteiger partial charge in [0.05, 0.1) is 10.6 Å². The lowest BCUT2D eigenvalue weighted by atomic mass is 9.88. The van der Waals surface area contributed by atoms with Crippen LogP contribution in [0, 0.1) is 12.7 Å². The molecule has 166 valence electrons. The van der Waals surface area contributed by atoms with Crippen molar-refractivity contribution >= 4 is 23.2 Å². The first-order chi connectivity index (χ1) is 14.8. The molecule has 7 nitrogen and oxygen atoms in total. The van der Waals surface area contributed by atoms with Gasteiger partial charge in [-0.1, -0.05) is 12.1 Å². The Morgan fingerprint density at radius 1 is 1.29 bits per heavy atom. The van der Waals surface area contributed by atoms with Gasteiger partial charge >= 0.3 is 0 Å². The lowest BCUT2D eigenvalue weighted by molar-refractivity contribution is -0.180. The predicted octanol–water partition coefficient (Wildman–Crippen LogP) is 2.21. The summed E-state index contributed by atoms with van der Waals surface area (Å²) in [7, 11) is 1.99. The minimum absolute atomic E-state index is 0.0445. The number of piperidine rings is 1. The van der Waals surface area contributed by atoms with Gasteiger partial charge in [0.25, 0.3) is 11.8 Å². The summed E-state index contributed by atoms with van der Waals surface area (Å²) in [6.07, 6.45) is 0.768. The van der Waals surface area contributed by atoms with E-state index in [1.54, 1.807) is 17.5 Å². The molecule has 1 aromatic heterocycles. The molecule has 2 aliphatic heterocycles. The van der Waals surface area contributed by atoms with Crippen LogP contribution in [0.1, 0.15) is 33.9 Å². The fourth-order valence-corrected chi connectivity index (χ4v) is 4.86. The summed E-state index contributed by atoms with van der Waals surface area (Å²) in [5.74, 6) is -0.521. The maximum atomic E-state index is 13.1. The number of nitrogens with zero attached hydrogens (tertiary/aromatic N) is 3. The van der Waals surface area contributed by atoms with Crippen molar-refractivity contribution in [1.82, 2.24) is 20.1 Å². The third kappa shape index (κ3) is 5.11. The molecule has 1 atom stereocenters. The van der Waals surface area contributed by atoms with Gasteiger partial charge < -0.3 is 19.9 Å². The predicted molar refractivity (Wildman–Crippen MR) is 115 cm³/mol. The average Bonchev–Trinajstić information content (AvgIpc) is 3.19. The number of carbonyl (C=O) groups excluding carboxylic acids is 2. The highest BCUT2D eigenvalue weighted by Gasteiger charge is 2.44. The zero-order valence-electron chi connectivity index (χ0n) is 17.8.